The fraction of sp³-hybridized carbons (Fsp3) is 0.333. The van der Waals surface area contributed by atoms with E-state index in [2.05, 4.69) is 5.32 Å². The Bertz CT molecular complexity index is 614. The zero-order valence-electron chi connectivity index (χ0n) is 9.92. The van der Waals surface area contributed by atoms with Crippen molar-refractivity contribution in [3.63, 3.8) is 0 Å². The molecule has 0 radical (unpaired) electrons. The van der Waals surface area contributed by atoms with Crippen LogP contribution in [0.1, 0.15) is 6.92 Å². The first-order chi connectivity index (χ1) is 8.59. The van der Waals surface area contributed by atoms with Crippen LogP contribution in [-0.4, -0.2) is 28.2 Å². The molecular weight excluding hydrogens is 236 g/mol. The van der Waals surface area contributed by atoms with Crippen molar-refractivity contribution in [2.24, 2.45) is 0 Å². The van der Waals surface area contributed by atoms with Crippen LogP contribution in [0.5, 0.6) is 0 Å². The quantitative estimate of drug-likeness (QED) is 0.814. The summed E-state index contributed by atoms with van der Waals surface area (Å²) < 4.78 is 6.55. The van der Waals surface area contributed by atoms with E-state index < -0.39 is 17.8 Å². The van der Waals surface area contributed by atoms with Crippen LogP contribution in [-0.2, 0) is 11.3 Å². The number of nitrogens with one attached hydrogen (secondary N) is 1. The van der Waals surface area contributed by atoms with Gasteiger partial charge >= 0.3 is 11.7 Å². The second kappa shape index (κ2) is 5.05. The van der Waals surface area contributed by atoms with Crippen LogP contribution >= 0.6 is 0 Å². The lowest BCUT2D eigenvalue weighted by Gasteiger charge is -2.08. The minimum absolute atomic E-state index is 0.369. The Hall–Kier alpha value is -2.08. The number of aliphatic carboxylic acids is 1. The first-order valence-electron chi connectivity index (χ1n) is 5.64. The van der Waals surface area contributed by atoms with E-state index in [1.54, 1.807) is 25.1 Å². The minimum atomic E-state index is -0.917. The average Bonchev–Trinajstić information content (AvgIpc) is 2.65. The van der Waals surface area contributed by atoms with Gasteiger partial charge in [0.05, 0.1) is 5.52 Å². The molecule has 0 aliphatic rings. The summed E-state index contributed by atoms with van der Waals surface area (Å²) >= 11 is 0. The van der Waals surface area contributed by atoms with E-state index in [9.17, 15) is 9.59 Å². The maximum Gasteiger partial charge on any atom is 0.419 e. The molecule has 18 heavy (non-hydrogen) atoms. The van der Waals surface area contributed by atoms with Crippen molar-refractivity contribution >= 4 is 17.1 Å². The van der Waals surface area contributed by atoms with Gasteiger partial charge in [-0.15, -0.1) is 0 Å². The van der Waals surface area contributed by atoms with E-state index in [1.165, 1.54) is 4.57 Å². The molecule has 2 rings (SSSR count). The predicted molar refractivity (Wildman–Crippen MR) is 65.6 cm³/mol. The lowest BCUT2D eigenvalue weighted by Crippen LogP contribution is -2.36. The largest absolute Gasteiger partial charge is 0.480 e. The van der Waals surface area contributed by atoms with Gasteiger partial charge in [0.25, 0.3) is 0 Å². The molecular formula is C12H14N2O4. The number of carboxylic acids is 1. The van der Waals surface area contributed by atoms with E-state index in [-0.39, 0.29) is 0 Å². The van der Waals surface area contributed by atoms with Crippen molar-refractivity contribution in [2.45, 2.75) is 19.5 Å². The number of benzene rings is 1. The number of para-hydroxylation sites is 2. The Morgan fingerprint density at radius 3 is 2.94 bits per heavy atom. The third-order valence-electron chi connectivity index (χ3n) is 2.73. The van der Waals surface area contributed by atoms with Gasteiger partial charge in [-0.1, -0.05) is 12.1 Å². The number of hydrogen-bond acceptors (Lipinski definition) is 4. The van der Waals surface area contributed by atoms with Gasteiger partial charge in [0.1, 0.15) is 6.04 Å². The van der Waals surface area contributed by atoms with Gasteiger partial charge < -0.3 is 14.8 Å². The maximum atomic E-state index is 11.6. The number of aromatic nitrogens is 1. The molecule has 0 aliphatic heterocycles. The molecule has 0 fully saturated rings. The van der Waals surface area contributed by atoms with E-state index >= 15 is 0 Å². The molecule has 2 N–H and O–H groups in total. The van der Waals surface area contributed by atoms with Crippen LogP contribution in [0.4, 0.5) is 0 Å². The smallest absolute Gasteiger partial charge is 0.419 e. The average molecular weight is 250 g/mol. The van der Waals surface area contributed by atoms with Gasteiger partial charge in [-0.2, -0.15) is 0 Å². The number of rotatable bonds is 5. The van der Waals surface area contributed by atoms with Crippen molar-refractivity contribution in [2.75, 3.05) is 6.54 Å². The number of nitrogens with zero attached hydrogens (tertiary/aromatic N) is 1. The molecule has 0 bridgehead atoms. The molecule has 6 nitrogen and oxygen atoms in total. The fourth-order valence-electron chi connectivity index (χ4n) is 1.71. The molecule has 1 aromatic heterocycles. The molecule has 0 saturated heterocycles. The molecule has 1 heterocycles. The highest BCUT2D eigenvalue weighted by molar-refractivity contribution is 5.73. The zero-order chi connectivity index (χ0) is 13.1. The maximum absolute atomic E-state index is 11.6. The second-order valence-corrected chi connectivity index (χ2v) is 4.00. The summed E-state index contributed by atoms with van der Waals surface area (Å²) in [4.78, 5) is 22.2. The van der Waals surface area contributed by atoms with E-state index in [0.29, 0.717) is 24.2 Å². The van der Waals surface area contributed by atoms with Crippen LogP contribution in [0.2, 0.25) is 0 Å². The molecule has 96 valence electrons. The molecule has 0 saturated carbocycles. The van der Waals surface area contributed by atoms with Crippen molar-refractivity contribution in [1.82, 2.24) is 9.88 Å². The monoisotopic (exact) mass is 250 g/mol. The molecule has 1 atom stereocenters. The highest BCUT2D eigenvalue weighted by Crippen LogP contribution is 2.10. The first-order valence-corrected chi connectivity index (χ1v) is 5.64. The Morgan fingerprint density at radius 2 is 2.22 bits per heavy atom. The molecule has 0 unspecified atom stereocenters. The summed E-state index contributed by atoms with van der Waals surface area (Å²) in [7, 11) is 0. The third-order valence-corrected chi connectivity index (χ3v) is 2.73. The summed E-state index contributed by atoms with van der Waals surface area (Å²) in [5.41, 5.74) is 1.25. The van der Waals surface area contributed by atoms with E-state index in [4.69, 9.17) is 9.52 Å². The van der Waals surface area contributed by atoms with E-state index in [1.807, 2.05) is 6.07 Å². The predicted octanol–water partition coefficient (Wildman–Crippen LogP) is 0.657. The number of carbonyl (C=O) groups is 1. The Labute approximate surface area is 103 Å². The first kappa shape index (κ1) is 12.4. The number of hydrogen-bond donors (Lipinski definition) is 2. The number of fused-ring (bicyclic) bond motifs is 1. The fourth-order valence-corrected chi connectivity index (χ4v) is 1.71. The molecule has 0 spiro atoms. The van der Waals surface area contributed by atoms with Crippen LogP contribution in [0.25, 0.3) is 11.1 Å². The summed E-state index contributed by atoms with van der Waals surface area (Å²) in [6, 6.07) is 6.49. The third kappa shape index (κ3) is 2.43. The highest BCUT2D eigenvalue weighted by Gasteiger charge is 2.11. The lowest BCUT2D eigenvalue weighted by atomic mass is 10.3. The molecule has 6 heteroatoms. The molecule has 1 aromatic carbocycles. The molecule has 2 aromatic rings. The van der Waals surface area contributed by atoms with Gasteiger partial charge in [-0.3, -0.25) is 9.36 Å². The van der Waals surface area contributed by atoms with Crippen LogP contribution < -0.4 is 11.1 Å². The molecule has 0 aliphatic carbocycles. The summed E-state index contributed by atoms with van der Waals surface area (Å²) in [5.74, 6) is -1.35. The van der Waals surface area contributed by atoms with Gasteiger partial charge in [-0.05, 0) is 19.1 Å². The Balaban J connectivity index is 2.10. The van der Waals surface area contributed by atoms with Gasteiger partial charge in [0.2, 0.25) is 0 Å². The lowest BCUT2D eigenvalue weighted by molar-refractivity contribution is -0.138. The Morgan fingerprint density at radius 1 is 1.50 bits per heavy atom. The molecule has 0 amide bonds. The Kier molecular flexibility index (Phi) is 3.47. The van der Waals surface area contributed by atoms with Crippen molar-refractivity contribution in [3.05, 3.63) is 34.8 Å². The van der Waals surface area contributed by atoms with Gasteiger partial charge in [0, 0.05) is 13.1 Å². The highest BCUT2D eigenvalue weighted by atomic mass is 16.4. The van der Waals surface area contributed by atoms with Crippen molar-refractivity contribution in [1.29, 1.82) is 0 Å². The number of oxazole rings is 1. The van der Waals surface area contributed by atoms with Crippen LogP contribution in [0.15, 0.2) is 33.5 Å². The summed E-state index contributed by atoms with van der Waals surface area (Å²) in [6.45, 7) is 2.31. The van der Waals surface area contributed by atoms with Crippen LogP contribution in [0.3, 0.4) is 0 Å². The standard InChI is InChI=1S/C12H14N2O4/c1-8(11(15)16)13-6-7-14-9-4-2-3-5-10(9)18-12(14)17/h2-5,8,13H,6-7H2,1H3,(H,15,16)/t8-/m1/s1. The normalized spacial score (nSPS) is 12.7. The van der Waals surface area contributed by atoms with E-state index in [0.717, 1.165) is 0 Å². The number of carboxylic acid groups (broad SMARTS) is 1. The van der Waals surface area contributed by atoms with Gasteiger partial charge in [0.15, 0.2) is 5.58 Å². The van der Waals surface area contributed by atoms with Crippen LogP contribution in [0, 0.1) is 0 Å². The topological polar surface area (TPSA) is 84.5 Å². The minimum Gasteiger partial charge on any atom is -0.480 e. The summed E-state index contributed by atoms with van der Waals surface area (Å²) in [5, 5.41) is 11.5. The SMILES string of the molecule is C[C@@H](NCCn1c(=O)oc2ccccc21)C(=O)O. The zero-order valence-corrected chi connectivity index (χ0v) is 9.92. The van der Waals surface area contributed by atoms with Crippen molar-refractivity contribution < 1.29 is 14.3 Å². The van der Waals surface area contributed by atoms with Crippen molar-refractivity contribution in [3.8, 4) is 0 Å². The summed E-state index contributed by atoms with van der Waals surface area (Å²) in [6.07, 6.45) is 0. The second-order valence-electron chi connectivity index (χ2n) is 4.00. The van der Waals surface area contributed by atoms with Gasteiger partial charge in [-0.25, -0.2) is 4.79 Å².